The van der Waals surface area contributed by atoms with Gasteiger partial charge in [0.15, 0.2) is 0 Å². The Labute approximate surface area is 122 Å². The smallest absolute Gasteiger partial charge is 0.243 e. The molecule has 0 spiro atoms. The molecule has 0 unspecified atom stereocenters. The van der Waals surface area contributed by atoms with Gasteiger partial charge in [0.1, 0.15) is 5.75 Å². The van der Waals surface area contributed by atoms with Crippen molar-refractivity contribution >= 4 is 12.0 Å². The van der Waals surface area contributed by atoms with Gasteiger partial charge in [-0.25, -0.2) is 0 Å². The normalized spacial score (nSPS) is 11.1. The van der Waals surface area contributed by atoms with E-state index >= 15 is 0 Å². The molecule has 1 N–H and O–H groups in total. The highest BCUT2D eigenvalue weighted by Gasteiger charge is 2.04. The summed E-state index contributed by atoms with van der Waals surface area (Å²) in [7, 11) is 1.66. The predicted molar refractivity (Wildman–Crippen MR) is 84.0 cm³/mol. The highest BCUT2D eigenvalue weighted by atomic mass is 16.5. The highest BCUT2D eigenvalue weighted by molar-refractivity contribution is 5.92. The first-order valence-corrected chi connectivity index (χ1v) is 7.05. The average molecular weight is 275 g/mol. The van der Waals surface area contributed by atoms with E-state index in [-0.39, 0.29) is 5.91 Å². The summed E-state index contributed by atoms with van der Waals surface area (Å²) in [6.45, 7) is 9.05. The molecule has 0 saturated heterocycles. The lowest BCUT2D eigenvalue weighted by Gasteiger charge is -2.09. The first-order valence-electron chi connectivity index (χ1n) is 7.05. The lowest BCUT2D eigenvalue weighted by atomic mass is 10.0. The van der Waals surface area contributed by atoms with Crippen LogP contribution in [0, 0.1) is 19.8 Å². The van der Waals surface area contributed by atoms with Crippen LogP contribution < -0.4 is 10.1 Å². The molecule has 0 fully saturated rings. The monoisotopic (exact) mass is 275 g/mol. The van der Waals surface area contributed by atoms with Crippen LogP contribution in [-0.2, 0) is 4.79 Å². The Bertz CT molecular complexity index is 467. The van der Waals surface area contributed by atoms with Gasteiger partial charge < -0.3 is 10.1 Å². The summed E-state index contributed by atoms with van der Waals surface area (Å²) in [4.78, 5) is 11.7. The van der Waals surface area contributed by atoms with E-state index in [1.807, 2.05) is 32.1 Å². The van der Waals surface area contributed by atoms with Gasteiger partial charge in [0.2, 0.25) is 5.91 Å². The Balaban J connectivity index is 2.68. The molecule has 20 heavy (non-hydrogen) atoms. The summed E-state index contributed by atoms with van der Waals surface area (Å²) in [5.74, 6) is 1.41. The van der Waals surface area contributed by atoms with Crippen molar-refractivity contribution in [3.05, 3.63) is 34.9 Å². The summed E-state index contributed by atoms with van der Waals surface area (Å²) in [6, 6.07) is 3.95. The molecular formula is C17H25NO2. The number of aryl methyl sites for hydroxylation is 2. The molecule has 0 aliphatic carbocycles. The van der Waals surface area contributed by atoms with Crippen molar-refractivity contribution in [2.75, 3.05) is 13.7 Å². The zero-order valence-corrected chi connectivity index (χ0v) is 13.1. The molecule has 0 bridgehead atoms. The summed E-state index contributed by atoms with van der Waals surface area (Å²) < 4.78 is 5.23. The number of benzene rings is 1. The molecule has 1 rings (SSSR count). The summed E-state index contributed by atoms with van der Waals surface area (Å²) >= 11 is 0. The minimum Gasteiger partial charge on any atom is -0.497 e. The molecule has 0 radical (unpaired) electrons. The number of hydrogen-bond acceptors (Lipinski definition) is 2. The second-order valence-corrected chi connectivity index (χ2v) is 5.48. The number of ether oxygens (including phenoxy) is 1. The van der Waals surface area contributed by atoms with Gasteiger partial charge in [0.05, 0.1) is 7.11 Å². The maximum atomic E-state index is 11.7. The number of methoxy groups -OCH3 is 1. The van der Waals surface area contributed by atoms with Crippen LogP contribution in [0.2, 0.25) is 0 Å². The van der Waals surface area contributed by atoms with Gasteiger partial charge in [-0.15, -0.1) is 0 Å². The van der Waals surface area contributed by atoms with E-state index in [2.05, 4.69) is 19.2 Å². The molecule has 3 heteroatoms. The molecule has 1 aromatic carbocycles. The van der Waals surface area contributed by atoms with Gasteiger partial charge in [0, 0.05) is 12.6 Å². The molecule has 3 nitrogen and oxygen atoms in total. The molecular weight excluding hydrogens is 250 g/mol. The van der Waals surface area contributed by atoms with Crippen molar-refractivity contribution in [2.24, 2.45) is 5.92 Å². The number of nitrogens with one attached hydrogen (secondary N) is 1. The molecule has 0 aliphatic rings. The molecule has 1 amide bonds. The molecule has 110 valence electrons. The Hall–Kier alpha value is -1.77. The molecule has 1 aromatic rings. The summed E-state index contributed by atoms with van der Waals surface area (Å²) in [5, 5.41) is 2.90. The largest absolute Gasteiger partial charge is 0.497 e. The van der Waals surface area contributed by atoms with Crippen LogP contribution in [0.5, 0.6) is 5.75 Å². The minimum atomic E-state index is -0.0414. The molecule has 0 atom stereocenters. The quantitative estimate of drug-likeness (QED) is 0.807. The molecule has 0 aromatic heterocycles. The lowest BCUT2D eigenvalue weighted by molar-refractivity contribution is -0.116. The van der Waals surface area contributed by atoms with Crippen LogP contribution in [0.4, 0.5) is 0 Å². The van der Waals surface area contributed by atoms with Gasteiger partial charge in [0.25, 0.3) is 0 Å². The molecule has 0 aliphatic heterocycles. The van der Waals surface area contributed by atoms with Crippen LogP contribution in [0.25, 0.3) is 6.08 Å². The fourth-order valence-electron chi connectivity index (χ4n) is 2.02. The zero-order chi connectivity index (χ0) is 15.1. The lowest BCUT2D eigenvalue weighted by Crippen LogP contribution is -2.23. The van der Waals surface area contributed by atoms with Crippen molar-refractivity contribution in [1.29, 1.82) is 0 Å². The van der Waals surface area contributed by atoms with E-state index in [4.69, 9.17) is 4.74 Å². The first-order chi connectivity index (χ1) is 9.43. The molecule has 0 saturated carbocycles. The van der Waals surface area contributed by atoms with Gasteiger partial charge >= 0.3 is 0 Å². The molecule has 0 heterocycles. The second kappa shape index (κ2) is 7.73. The Kier molecular flexibility index (Phi) is 6.29. The Morgan fingerprint density at radius 3 is 2.40 bits per heavy atom. The van der Waals surface area contributed by atoms with Crippen LogP contribution in [-0.4, -0.2) is 19.6 Å². The number of carbonyl (C=O) groups is 1. The topological polar surface area (TPSA) is 38.3 Å². The number of rotatable bonds is 6. The van der Waals surface area contributed by atoms with Gasteiger partial charge in [-0.1, -0.05) is 13.8 Å². The number of hydrogen-bond donors (Lipinski definition) is 1. The third-order valence-electron chi connectivity index (χ3n) is 3.23. The van der Waals surface area contributed by atoms with Crippen molar-refractivity contribution in [2.45, 2.75) is 34.1 Å². The fourth-order valence-corrected chi connectivity index (χ4v) is 2.02. The van der Waals surface area contributed by atoms with E-state index in [0.29, 0.717) is 5.92 Å². The van der Waals surface area contributed by atoms with Gasteiger partial charge in [-0.3, -0.25) is 4.79 Å². The van der Waals surface area contributed by atoms with Crippen molar-refractivity contribution in [1.82, 2.24) is 5.32 Å². The standard InChI is InChI=1S/C17H25NO2/c1-12(2)8-9-18-17(19)7-6-16-13(3)10-15(20-5)11-14(16)4/h6-7,10-12H,8-9H2,1-5H3,(H,18,19)/b7-6+. The Morgan fingerprint density at radius 2 is 1.90 bits per heavy atom. The summed E-state index contributed by atoms with van der Waals surface area (Å²) in [6.07, 6.45) is 4.47. The maximum Gasteiger partial charge on any atom is 0.243 e. The fraction of sp³-hybridized carbons (Fsp3) is 0.471. The van der Waals surface area contributed by atoms with Crippen LogP contribution in [0.15, 0.2) is 18.2 Å². The van der Waals surface area contributed by atoms with E-state index in [0.717, 1.165) is 35.4 Å². The van der Waals surface area contributed by atoms with Crippen molar-refractivity contribution in [3.63, 3.8) is 0 Å². The van der Waals surface area contributed by atoms with Crippen LogP contribution >= 0.6 is 0 Å². The predicted octanol–water partition coefficient (Wildman–Crippen LogP) is 3.49. The van der Waals surface area contributed by atoms with E-state index in [1.54, 1.807) is 13.2 Å². The highest BCUT2D eigenvalue weighted by Crippen LogP contribution is 2.22. The third kappa shape index (κ3) is 5.08. The van der Waals surface area contributed by atoms with Gasteiger partial charge in [-0.2, -0.15) is 0 Å². The third-order valence-corrected chi connectivity index (χ3v) is 3.23. The summed E-state index contributed by atoms with van der Waals surface area (Å²) in [5.41, 5.74) is 3.28. The minimum absolute atomic E-state index is 0.0414. The van der Waals surface area contributed by atoms with Crippen molar-refractivity contribution in [3.8, 4) is 5.75 Å². The number of carbonyl (C=O) groups excluding carboxylic acids is 1. The van der Waals surface area contributed by atoms with Crippen LogP contribution in [0.1, 0.15) is 37.0 Å². The Morgan fingerprint density at radius 1 is 1.30 bits per heavy atom. The first kappa shape index (κ1) is 16.3. The van der Waals surface area contributed by atoms with E-state index in [1.165, 1.54) is 0 Å². The zero-order valence-electron chi connectivity index (χ0n) is 13.1. The van der Waals surface area contributed by atoms with Gasteiger partial charge in [-0.05, 0) is 61.1 Å². The average Bonchev–Trinajstić information content (AvgIpc) is 2.36. The SMILES string of the molecule is COc1cc(C)c(/C=C/C(=O)NCCC(C)C)c(C)c1. The second-order valence-electron chi connectivity index (χ2n) is 5.48. The maximum absolute atomic E-state index is 11.7. The van der Waals surface area contributed by atoms with Crippen LogP contribution in [0.3, 0.4) is 0 Å². The van der Waals surface area contributed by atoms with Crippen molar-refractivity contribution < 1.29 is 9.53 Å². The van der Waals surface area contributed by atoms with E-state index < -0.39 is 0 Å². The number of amides is 1. The van der Waals surface area contributed by atoms with E-state index in [9.17, 15) is 4.79 Å².